The zero-order valence-corrected chi connectivity index (χ0v) is 13.3. The molecule has 1 aromatic carbocycles. The SMILES string of the molecule is CCCc1cccc(C2(O)CN(C(=O)OC(C)(C)C)C2)c1. The number of carbonyl (C=O) groups is 1. The summed E-state index contributed by atoms with van der Waals surface area (Å²) in [5.41, 5.74) is 0.652. The highest BCUT2D eigenvalue weighted by Gasteiger charge is 2.46. The van der Waals surface area contributed by atoms with Gasteiger partial charge in [-0.3, -0.25) is 0 Å². The van der Waals surface area contributed by atoms with Crippen molar-refractivity contribution in [1.29, 1.82) is 0 Å². The first-order valence-electron chi connectivity index (χ1n) is 7.53. The number of hydrogen-bond acceptors (Lipinski definition) is 3. The van der Waals surface area contributed by atoms with E-state index in [0.717, 1.165) is 18.4 Å². The van der Waals surface area contributed by atoms with Crippen molar-refractivity contribution < 1.29 is 14.6 Å². The van der Waals surface area contributed by atoms with Gasteiger partial charge in [0, 0.05) is 0 Å². The maximum absolute atomic E-state index is 11.9. The molecule has 116 valence electrons. The van der Waals surface area contributed by atoms with Crippen LogP contribution in [0.25, 0.3) is 0 Å². The summed E-state index contributed by atoms with van der Waals surface area (Å²) >= 11 is 0. The van der Waals surface area contributed by atoms with Crippen molar-refractivity contribution in [3.63, 3.8) is 0 Å². The summed E-state index contributed by atoms with van der Waals surface area (Å²) < 4.78 is 5.31. The fourth-order valence-electron chi connectivity index (χ4n) is 2.53. The number of nitrogens with zero attached hydrogens (tertiary/aromatic N) is 1. The lowest BCUT2D eigenvalue weighted by molar-refractivity contribution is -0.103. The Kier molecular flexibility index (Phi) is 4.28. The van der Waals surface area contributed by atoms with Crippen LogP contribution >= 0.6 is 0 Å². The van der Waals surface area contributed by atoms with Crippen molar-refractivity contribution in [2.45, 2.75) is 51.7 Å². The summed E-state index contributed by atoms with van der Waals surface area (Å²) in [6.07, 6.45) is 1.71. The van der Waals surface area contributed by atoms with Crippen LogP contribution in [-0.2, 0) is 16.8 Å². The second-order valence-corrected chi connectivity index (χ2v) is 6.82. The molecule has 2 rings (SSSR count). The average Bonchev–Trinajstić information content (AvgIpc) is 2.33. The molecule has 1 heterocycles. The Labute approximate surface area is 126 Å². The first-order valence-corrected chi connectivity index (χ1v) is 7.53. The van der Waals surface area contributed by atoms with Crippen molar-refractivity contribution >= 4 is 6.09 Å². The number of benzene rings is 1. The van der Waals surface area contributed by atoms with Crippen LogP contribution in [0.4, 0.5) is 4.79 Å². The van der Waals surface area contributed by atoms with E-state index in [4.69, 9.17) is 4.74 Å². The van der Waals surface area contributed by atoms with Crippen molar-refractivity contribution in [2.24, 2.45) is 0 Å². The zero-order chi connectivity index (χ0) is 15.7. The largest absolute Gasteiger partial charge is 0.444 e. The molecule has 1 aromatic rings. The molecular weight excluding hydrogens is 266 g/mol. The Morgan fingerprint density at radius 2 is 2.05 bits per heavy atom. The second kappa shape index (κ2) is 5.68. The Bertz CT molecular complexity index is 513. The molecule has 0 saturated carbocycles. The summed E-state index contributed by atoms with van der Waals surface area (Å²) in [5, 5.41) is 10.6. The van der Waals surface area contributed by atoms with E-state index < -0.39 is 11.2 Å². The summed E-state index contributed by atoms with van der Waals surface area (Å²) in [6.45, 7) is 8.23. The molecular formula is C17H25NO3. The Morgan fingerprint density at radius 3 is 2.62 bits per heavy atom. The Hall–Kier alpha value is -1.55. The fourth-order valence-corrected chi connectivity index (χ4v) is 2.53. The van der Waals surface area contributed by atoms with Crippen molar-refractivity contribution in [3.8, 4) is 0 Å². The third-order valence-electron chi connectivity index (χ3n) is 3.56. The van der Waals surface area contributed by atoms with Crippen LogP contribution < -0.4 is 0 Å². The van der Waals surface area contributed by atoms with Crippen LogP contribution in [0, 0.1) is 0 Å². The van der Waals surface area contributed by atoms with E-state index in [2.05, 4.69) is 13.0 Å². The number of ether oxygens (including phenoxy) is 1. The van der Waals surface area contributed by atoms with Gasteiger partial charge in [-0.1, -0.05) is 37.6 Å². The molecule has 21 heavy (non-hydrogen) atoms. The molecule has 0 radical (unpaired) electrons. The number of aliphatic hydroxyl groups is 1. The van der Waals surface area contributed by atoms with Gasteiger partial charge in [-0.15, -0.1) is 0 Å². The van der Waals surface area contributed by atoms with Gasteiger partial charge in [0.15, 0.2) is 0 Å². The number of amides is 1. The zero-order valence-electron chi connectivity index (χ0n) is 13.3. The van der Waals surface area contributed by atoms with E-state index in [1.165, 1.54) is 10.5 Å². The molecule has 4 heteroatoms. The molecule has 1 saturated heterocycles. The topological polar surface area (TPSA) is 49.8 Å². The third kappa shape index (κ3) is 3.76. The quantitative estimate of drug-likeness (QED) is 0.931. The number of rotatable bonds is 3. The van der Waals surface area contributed by atoms with Gasteiger partial charge in [-0.2, -0.15) is 0 Å². The summed E-state index contributed by atoms with van der Waals surface area (Å²) in [6, 6.07) is 8.00. The molecule has 0 unspecified atom stereocenters. The minimum atomic E-state index is -0.944. The lowest BCUT2D eigenvalue weighted by Crippen LogP contribution is -2.61. The van der Waals surface area contributed by atoms with Crippen LogP contribution in [-0.4, -0.2) is 34.8 Å². The maximum atomic E-state index is 11.9. The predicted molar refractivity (Wildman–Crippen MR) is 82.1 cm³/mol. The highest BCUT2D eigenvalue weighted by atomic mass is 16.6. The number of β-amino-alcohol motifs (C(OH)–C–C–N with tert-alkyl or cyclic N) is 1. The molecule has 1 N–H and O–H groups in total. The van der Waals surface area contributed by atoms with Gasteiger partial charge in [0.2, 0.25) is 0 Å². The lowest BCUT2D eigenvalue weighted by Gasteiger charge is -2.46. The van der Waals surface area contributed by atoms with Gasteiger partial charge in [-0.25, -0.2) is 4.79 Å². The number of likely N-dealkylation sites (tertiary alicyclic amines) is 1. The van der Waals surface area contributed by atoms with E-state index in [1.54, 1.807) is 0 Å². The van der Waals surface area contributed by atoms with Crippen LogP contribution in [0.1, 0.15) is 45.2 Å². The van der Waals surface area contributed by atoms with E-state index in [1.807, 2.05) is 39.0 Å². The summed E-state index contributed by atoms with van der Waals surface area (Å²) in [5.74, 6) is 0. The Morgan fingerprint density at radius 1 is 1.38 bits per heavy atom. The van der Waals surface area contributed by atoms with Crippen molar-refractivity contribution in [2.75, 3.05) is 13.1 Å². The first kappa shape index (κ1) is 15.8. The number of carbonyl (C=O) groups excluding carboxylic acids is 1. The van der Waals surface area contributed by atoms with Crippen LogP contribution in [0.3, 0.4) is 0 Å². The van der Waals surface area contributed by atoms with Gasteiger partial charge in [0.05, 0.1) is 13.1 Å². The van der Waals surface area contributed by atoms with Crippen LogP contribution in [0.15, 0.2) is 24.3 Å². The average molecular weight is 291 g/mol. The highest BCUT2D eigenvalue weighted by Crippen LogP contribution is 2.33. The normalized spacial score (nSPS) is 17.3. The van der Waals surface area contributed by atoms with E-state index in [9.17, 15) is 9.90 Å². The molecule has 4 nitrogen and oxygen atoms in total. The monoisotopic (exact) mass is 291 g/mol. The molecule has 0 bridgehead atoms. The van der Waals surface area contributed by atoms with Gasteiger partial charge in [-0.05, 0) is 38.3 Å². The Balaban J connectivity index is 2.01. The van der Waals surface area contributed by atoms with Crippen molar-refractivity contribution in [3.05, 3.63) is 35.4 Å². The fraction of sp³-hybridized carbons (Fsp3) is 0.588. The van der Waals surface area contributed by atoms with Crippen molar-refractivity contribution in [1.82, 2.24) is 4.90 Å². The second-order valence-electron chi connectivity index (χ2n) is 6.82. The van der Waals surface area contributed by atoms with Crippen LogP contribution in [0.5, 0.6) is 0 Å². The highest BCUT2D eigenvalue weighted by molar-refractivity contribution is 5.70. The van der Waals surface area contributed by atoms with E-state index in [-0.39, 0.29) is 19.2 Å². The molecule has 0 spiro atoms. The van der Waals surface area contributed by atoms with E-state index >= 15 is 0 Å². The predicted octanol–water partition coefficient (Wildman–Crippen LogP) is 3.08. The third-order valence-corrected chi connectivity index (χ3v) is 3.56. The van der Waals surface area contributed by atoms with Gasteiger partial charge >= 0.3 is 6.09 Å². The molecule has 1 amide bonds. The molecule has 1 aliphatic heterocycles. The number of hydrogen-bond donors (Lipinski definition) is 1. The first-order chi connectivity index (χ1) is 9.73. The molecule has 1 aliphatic rings. The molecule has 0 atom stereocenters. The van der Waals surface area contributed by atoms with Gasteiger partial charge in [0.1, 0.15) is 11.2 Å². The maximum Gasteiger partial charge on any atom is 0.410 e. The molecule has 0 aliphatic carbocycles. The summed E-state index contributed by atoms with van der Waals surface area (Å²) in [7, 11) is 0. The minimum absolute atomic E-state index is 0.289. The summed E-state index contributed by atoms with van der Waals surface area (Å²) in [4.78, 5) is 13.5. The van der Waals surface area contributed by atoms with Crippen LogP contribution in [0.2, 0.25) is 0 Å². The lowest BCUT2D eigenvalue weighted by atomic mass is 9.85. The van der Waals surface area contributed by atoms with Gasteiger partial charge < -0.3 is 14.7 Å². The minimum Gasteiger partial charge on any atom is -0.444 e. The molecule has 1 fully saturated rings. The molecule has 0 aromatic heterocycles. The van der Waals surface area contributed by atoms with E-state index in [0.29, 0.717) is 0 Å². The standard InChI is InChI=1S/C17H25NO3/c1-5-7-13-8-6-9-14(10-13)17(20)11-18(12-17)15(19)21-16(2,3)4/h6,8-10,20H,5,7,11-12H2,1-4H3. The number of aryl methyl sites for hydroxylation is 1. The smallest absolute Gasteiger partial charge is 0.410 e. The van der Waals surface area contributed by atoms with Gasteiger partial charge in [0.25, 0.3) is 0 Å².